The minimum atomic E-state index is -0.509. The number of non-ortho nitro benzene ring substituents is 1. The Bertz CT molecular complexity index is 1180. The van der Waals surface area contributed by atoms with Crippen molar-refractivity contribution in [1.82, 2.24) is 0 Å². The fraction of sp³-hybridized carbons (Fsp3) is 0.200. The lowest BCUT2D eigenvalue weighted by atomic mass is 9.89. The van der Waals surface area contributed by atoms with Crippen LogP contribution in [0.1, 0.15) is 42.2 Å². The van der Waals surface area contributed by atoms with Gasteiger partial charge in [0.15, 0.2) is 0 Å². The van der Waals surface area contributed by atoms with Gasteiger partial charge in [0.2, 0.25) is 5.91 Å². The fourth-order valence-electron chi connectivity index (χ4n) is 4.40. The van der Waals surface area contributed by atoms with Gasteiger partial charge in [0.05, 0.1) is 11.0 Å². The molecule has 4 rings (SSSR count). The Labute approximate surface area is 186 Å². The van der Waals surface area contributed by atoms with E-state index in [4.69, 9.17) is 0 Å². The van der Waals surface area contributed by atoms with Crippen molar-refractivity contribution in [2.75, 3.05) is 9.80 Å². The zero-order chi connectivity index (χ0) is 22.8. The van der Waals surface area contributed by atoms with E-state index in [0.717, 1.165) is 11.3 Å². The molecule has 0 aliphatic carbocycles. The highest BCUT2D eigenvalue weighted by Crippen LogP contribution is 2.42. The smallest absolute Gasteiger partial charge is 0.270 e. The molecule has 0 aromatic heterocycles. The molecule has 1 aliphatic rings. The van der Waals surface area contributed by atoms with Gasteiger partial charge in [-0.2, -0.15) is 0 Å². The molecule has 0 saturated heterocycles. The molecule has 0 unspecified atom stereocenters. The lowest BCUT2D eigenvalue weighted by Crippen LogP contribution is -2.47. The molecule has 0 bridgehead atoms. The molecule has 7 nitrogen and oxygen atoms in total. The van der Waals surface area contributed by atoms with Crippen LogP contribution in [0.15, 0.2) is 78.9 Å². The zero-order valence-electron chi connectivity index (χ0n) is 17.8. The van der Waals surface area contributed by atoms with Gasteiger partial charge in [-0.05, 0) is 43.2 Å². The minimum Gasteiger partial charge on any atom is -0.305 e. The Kier molecular flexibility index (Phi) is 5.73. The van der Waals surface area contributed by atoms with Crippen LogP contribution in [0, 0.1) is 10.1 Å². The second-order valence-electron chi connectivity index (χ2n) is 7.87. The third kappa shape index (κ3) is 3.85. The summed E-state index contributed by atoms with van der Waals surface area (Å²) in [5.41, 5.74) is 2.49. The number of carbonyl (C=O) groups is 2. The highest BCUT2D eigenvalue weighted by Gasteiger charge is 2.38. The van der Waals surface area contributed by atoms with Crippen LogP contribution in [0.2, 0.25) is 0 Å². The molecule has 32 heavy (non-hydrogen) atoms. The summed E-state index contributed by atoms with van der Waals surface area (Å²) in [7, 11) is 0. The van der Waals surface area contributed by atoms with Gasteiger partial charge in [0.1, 0.15) is 0 Å². The van der Waals surface area contributed by atoms with E-state index in [0.29, 0.717) is 12.1 Å². The van der Waals surface area contributed by atoms with Crippen LogP contribution in [0.4, 0.5) is 17.1 Å². The Hall–Kier alpha value is -4.00. The second kappa shape index (κ2) is 8.63. The van der Waals surface area contributed by atoms with Crippen LogP contribution < -0.4 is 9.80 Å². The first-order chi connectivity index (χ1) is 15.4. The molecule has 0 N–H and O–H groups in total. The molecule has 0 fully saturated rings. The van der Waals surface area contributed by atoms with E-state index in [1.54, 1.807) is 22.8 Å². The maximum atomic E-state index is 13.5. The van der Waals surface area contributed by atoms with Crippen LogP contribution >= 0.6 is 0 Å². The molecule has 0 saturated carbocycles. The molecule has 1 aliphatic heterocycles. The van der Waals surface area contributed by atoms with Crippen molar-refractivity contribution in [3.8, 4) is 0 Å². The van der Waals surface area contributed by atoms with E-state index in [-0.39, 0.29) is 35.1 Å². The number of carbonyl (C=O) groups excluding carboxylic acids is 2. The third-order valence-electron chi connectivity index (χ3n) is 5.77. The van der Waals surface area contributed by atoms with Crippen molar-refractivity contribution in [3.05, 3.63) is 100 Å². The quantitative estimate of drug-likeness (QED) is 0.425. The number of amides is 2. The zero-order valence-corrected chi connectivity index (χ0v) is 17.8. The lowest BCUT2D eigenvalue weighted by molar-refractivity contribution is -0.384. The largest absolute Gasteiger partial charge is 0.305 e. The van der Waals surface area contributed by atoms with E-state index in [9.17, 15) is 19.7 Å². The number of para-hydroxylation sites is 2. The highest BCUT2D eigenvalue weighted by atomic mass is 16.6. The summed E-state index contributed by atoms with van der Waals surface area (Å²) in [6.07, 6.45) is 0.534. The molecule has 3 aromatic rings. The number of anilines is 2. The van der Waals surface area contributed by atoms with Crippen molar-refractivity contribution in [3.63, 3.8) is 0 Å². The van der Waals surface area contributed by atoms with Crippen molar-refractivity contribution >= 4 is 28.9 Å². The molecule has 7 heteroatoms. The van der Waals surface area contributed by atoms with E-state index in [1.807, 2.05) is 61.5 Å². The number of hydrogen-bond acceptors (Lipinski definition) is 4. The first-order valence-electron chi connectivity index (χ1n) is 10.4. The topological polar surface area (TPSA) is 83.8 Å². The van der Waals surface area contributed by atoms with Gasteiger partial charge in [0.25, 0.3) is 11.6 Å². The minimum absolute atomic E-state index is 0.0818. The normalized spacial score (nSPS) is 17.4. The summed E-state index contributed by atoms with van der Waals surface area (Å²) < 4.78 is 0. The predicted octanol–water partition coefficient (Wildman–Crippen LogP) is 5.13. The lowest BCUT2D eigenvalue weighted by Gasteiger charge is -2.43. The molecule has 0 spiro atoms. The molecule has 162 valence electrons. The van der Waals surface area contributed by atoms with Gasteiger partial charge >= 0.3 is 0 Å². The van der Waals surface area contributed by atoms with E-state index in [2.05, 4.69) is 0 Å². The molecule has 2 atom stereocenters. The predicted molar refractivity (Wildman–Crippen MR) is 123 cm³/mol. The summed E-state index contributed by atoms with van der Waals surface area (Å²) >= 11 is 0. The summed E-state index contributed by atoms with van der Waals surface area (Å²) in [6, 6.07) is 22.3. The second-order valence-corrected chi connectivity index (χ2v) is 7.87. The van der Waals surface area contributed by atoms with Gasteiger partial charge in [-0.25, -0.2) is 0 Å². The highest BCUT2D eigenvalue weighted by molar-refractivity contribution is 6.08. The first kappa shape index (κ1) is 21.2. The molecular weight excluding hydrogens is 406 g/mol. The Morgan fingerprint density at radius 1 is 1.00 bits per heavy atom. The van der Waals surface area contributed by atoms with Crippen LogP contribution in [0.5, 0.6) is 0 Å². The number of rotatable bonds is 4. The van der Waals surface area contributed by atoms with Gasteiger partial charge in [-0.3, -0.25) is 19.7 Å². The average Bonchev–Trinajstić information content (AvgIpc) is 2.79. The monoisotopic (exact) mass is 429 g/mol. The molecule has 3 aromatic carbocycles. The van der Waals surface area contributed by atoms with Crippen molar-refractivity contribution < 1.29 is 14.5 Å². The van der Waals surface area contributed by atoms with Gasteiger partial charge in [-0.1, -0.05) is 42.5 Å². The Morgan fingerprint density at radius 3 is 2.38 bits per heavy atom. The van der Waals surface area contributed by atoms with E-state index < -0.39 is 4.92 Å². The number of nitro groups is 1. The van der Waals surface area contributed by atoms with Gasteiger partial charge in [-0.15, -0.1) is 0 Å². The SMILES string of the molecule is CC(=O)N(c1ccccc1)[C@H]1C[C@@H](C)N(C(=O)c2cccc([N+](=O)[O-])c2)c2ccccc21. The summed E-state index contributed by atoms with van der Waals surface area (Å²) in [6.45, 7) is 3.47. The van der Waals surface area contributed by atoms with Crippen molar-refractivity contribution in [2.24, 2.45) is 0 Å². The molecule has 0 radical (unpaired) electrons. The molecular formula is C25H23N3O4. The number of hydrogen-bond donors (Lipinski definition) is 0. The summed E-state index contributed by atoms with van der Waals surface area (Å²) in [5, 5.41) is 11.2. The first-order valence-corrected chi connectivity index (χ1v) is 10.4. The maximum Gasteiger partial charge on any atom is 0.270 e. The molecule has 1 heterocycles. The number of fused-ring (bicyclic) bond motifs is 1. The van der Waals surface area contributed by atoms with Gasteiger partial charge in [0, 0.05) is 42.0 Å². The Morgan fingerprint density at radius 2 is 1.69 bits per heavy atom. The van der Waals surface area contributed by atoms with Gasteiger partial charge < -0.3 is 9.80 Å². The third-order valence-corrected chi connectivity index (χ3v) is 5.77. The fourth-order valence-corrected chi connectivity index (χ4v) is 4.40. The number of nitro benzene ring substituents is 1. The maximum absolute atomic E-state index is 13.5. The van der Waals surface area contributed by atoms with Crippen LogP contribution in [-0.4, -0.2) is 22.8 Å². The Balaban J connectivity index is 1.77. The van der Waals surface area contributed by atoms with Crippen LogP contribution in [0.25, 0.3) is 0 Å². The number of benzene rings is 3. The van der Waals surface area contributed by atoms with Crippen LogP contribution in [-0.2, 0) is 4.79 Å². The molecule has 2 amide bonds. The summed E-state index contributed by atoms with van der Waals surface area (Å²) in [4.78, 5) is 40.2. The number of nitrogens with zero attached hydrogens (tertiary/aromatic N) is 3. The standard InChI is InChI=1S/C25H23N3O4/c1-17-15-24(27(18(2)29)20-10-4-3-5-11-20)22-13-6-7-14-23(22)26(17)25(30)19-9-8-12-21(16-19)28(31)32/h3-14,16-17,24H,15H2,1-2H3/t17-,24+/m1/s1. The van der Waals surface area contributed by atoms with Crippen molar-refractivity contribution in [1.29, 1.82) is 0 Å². The van der Waals surface area contributed by atoms with E-state index in [1.165, 1.54) is 18.2 Å². The van der Waals surface area contributed by atoms with E-state index >= 15 is 0 Å². The van der Waals surface area contributed by atoms with Crippen LogP contribution in [0.3, 0.4) is 0 Å². The average molecular weight is 429 g/mol. The van der Waals surface area contributed by atoms with Crippen molar-refractivity contribution in [2.45, 2.75) is 32.4 Å². The summed E-state index contributed by atoms with van der Waals surface area (Å²) in [5.74, 6) is -0.386.